The minimum absolute atomic E-state index is 0.0408. The van der Waals surface area contributed by atoms with Crippen molar-refractivity contribution in [3.05, 3.63) is 48.0 Å². The van der Waals surface area contributed by atoms with Gasteiger partial charge in [0.05, 0.1) is 19.4 Å². The van der Waals surface area contributed by atoms with Crippen LogP contribution in [0.4, 0.5) is 11.4 Å². The number of hydrogen-bond acceptors (Lipinski definition) is 5. The predicted molar refractivity (Wildman–Crippen MR) is 126 cm³/mol. The summed E-state index contributed by atoms with van der Waals surface area (Å²) in [4.78, 5) is 26.6. The molecule has 32 heavy (non-hydrogen) atoms. The average Bonchev–Trinajstić information content (AvgIpc) is 2.80. The highest BCUT2D eigenvalue weighted by atomic mass is 16.5. The Kier molecular flexibility index (Phi) is 8.14. The average molecular weight is 439 g/mol. The van der Waals surface area contributed by atoms with Crippen LogP contribution in [0.1, 0.15) is 38.7 Å². The maximum absolute atomic E-state index is 12.5. The number of benzene rings is 2. The number of methoxy groups -OCH3 is 1. The summed E-state index contributed by atoms with van der Waals surface area (Å²) in [6, 6.07) is 10.8. The van der Waals surface area contributed by atoms with Gasteiger partial charge in [-0.15, -0.1) is 0 Å². The molecule has 0 saturated carbocycles. The Bertz CT molecular complexity index is 986. The molecule has 1 heterocycles. The maximum atomic E-state index is 12.5. The number of fused-ring (bicyclic) bond motifs is 1. The molecule has 0 unspecified atom stereocenters. The van der Waals surface area contributed by atoms with Gasteiger partial charge in [0.25, 0.3) is 5.91 Å². The number of carbonyl (C=O) groups excluding carboxylic acids is 2. The van der Waals surface area contributed by atoms with E-state index < -0.39 is 0 Å². The monoisotopic (exact) mass is 438 g/mol. The Hall–Kier alpha value is -3.48. The van der Waals surface area contributed by atoms with Crippen molar-refractivity contribution in [2.75, 3.05) is 37.1 Å². The summed E-state index contributed by atoms with van der Waals surface area (Å²) in [5.74, 6) is 1.57. The summed E-state index contributed by atoms with van der Waals surface area (Å²) >= 11 is 0. The largest absolute Gasteiger partial charge is 0.493 e. The van der Waals surface area contributed by atoms with Crippen molar-refractivity contribution in [3.63, 3.8) is 0 Å². The van der Waals surface area contributed by atoms with Crippen LogP contribution >= 0.6 is 0 Å². The van der Waals surface area contributed by atoms with E-state index in [1.807, 2.05) is 25.1 Å². The first kappa shape index (κ1) is 23.2. The van der Waals surface area contributed by atoms with Gasteiger partial charge >= 0.3 is 0 Å². The standard InChI is InChI=1S/C25H30N2O5/c1-4-6-7-14-27-20-16-19(10-12-21(20)32-17-25(27)29)26-24(28)13-9-18-8-11-22(31-5-2)23(15-18)30-3/h8-13,15-16H,4-7,14,17H2,1-3H3,(H,26,28)/b13-9+. The fraction of sp³-hybridized carbons (Fsp3) is 0.360. The quantitative estimate of drug-likeness (QED) is 0.431. The van der Waals surface area contributed by atoms with Crippen LogP contribution in [0.2, 0.25) is 0 Å². The van der Waals surface area contributed by atoms with E-state index in [0.717, 1.165) is 24.8 Å². The fourth-order valence-electron chi connectivity index (χ4n) is 3.46. The number of anilines is 2. The Balaban J connectivity index is 1.70. The van der Waals surface area contributed by atoms with E-state index in [2.05, 4.69) is 12.2 Å². The summed E-state index contributed by atoms with van der Waals surface area (Å²) in [7, 11) is 1.58. The van der Waals surface area contributed by atoms with Gasteiger partial charge in [-0.25, -0.2) is 0 Å². The van der Waals surface area contributed by atoms with Gasteiger partial charge in [0, 0.05) is 18.3 Å². The molecule has 0 aromatic heterocycles. The van der Waals surface area contributed by atoms with E-state index in [9.17, 15) is 9.59 Å². The maximum Gasteiger partial charge on any atom is 0.265 e. The van der Waals surface area contributed by atoms with Gasteiger partial charge in [-0.2, -0.15) is 0 Å². The number of hydrogen-bond donors (Lipinski definition) is 1. The molecule has 2 amide bonds. The van der Waals surface area contributed by atoms with Gasteiger partial charge in [0.15, 0.2) is 18.1 Å². The summed E-state index contributed by atoms with van der Waals surface area (Å²) in [6.45, 7) is 5.25. The van der Waals surface area contributed by atoms with Crippen LogP contribution in [0.3, 0.4) is 0 Å². The zero-order chi connectivity index (χ0) is 22.9. The molecule has 7 heteroatoms. The fourth-order valence-corrected chi connectivity index (χ4v) is 3.46. The lowest BCUT2D eigenvalue weighted by Crippen LogP contribution is -2.39. The molecule has 0 atom stereocenters. The zero-order valence-electron chi connectivity index (χ0n) is 18.8. The van der Waals surface area contributed by atoms with Crippen molar-refractivity contribution in [2.45, 2.75) is 33.1 Å². The number of carbonyl (C=O) groups is 2. The van der Waals surface area contributed by atoms with E-state index in [1.54, 1.807) is 36.3 Å². The first-order valence-corrected chi connectivity index (χ1v) is 10.9. The van der Waals surface area contributed by atoms with Crippen molar-refractivity contribution < 1.29 is 23.8 Å². The molecule has 2 aromatic rings. The zero-order valence-corrected chi connectivity index (χ0v) is 18.8. The second kappa shape index (κ2) is 11.2. The molecular weight excluding hydrogens is 408 g/mol. The Morgan fingerprint density at radius 1 is 1.16 bits per heavy atom. The molecule has 2 aromatic carbocycles. The lowest BCUT2D eigenvalue weighted by atomic mass is 10.1. The number of unbranched alkanes of at least 4 members (excludes halogenated alkanes) is 2. The minimum atomic E-state index is -0.279. The molecule has 0 bridgehead atoms. The Morgan fingerprint density at radius 2 is 2.00 bits per heavy atom. The van der Waals surface area contributed by atoms with Crippen molar-refractivity contribution in [1.29, 1.82) is 0 Å². The van der Waals surface area contributed by atoms with Gasteiger partial charge in [0.1, 0.15) is 5.75 Å². The molecular formula is C25H30N2O5. The first-order valence-electron chi connectivity index (χ1n) is 10.9. The summed E-state index contributed by atoms with van der Waals surface area (Å²) in [5, 5.41) is 2.85. The van der Waals surface area contributed by atoms with Crippen molar-refractivity contribution in [1.82, 2.24) is 0 Å². The van der Waals surface area contributed by atoms with Crippen LogP contribution in [-0.2, 0) is 9.59 Å². The molecule has 0 spiro atoms. The van der Waals surface area contributed by atoms with Gasteiger partial charge < -0.3 is 24.4 Å². The number of nitrogens with zero attached hydrogens (tertiary/aromatic N) is 1. The van der Waals surface area contributed by atoms with Crippen LogP contribution < -0.4 is 24.4 Å². The summed E-state index contributed by atoms with van der Waals surface area (Å²) in [6.07, 6.45) is 6.21. The molecule has 3 rings (SSSR count). The Labute approximate surface area is 189 Å². The Morgan fingerprint density at radius 3 is 2.75 bits per heavy atom. The van der Waals surface area contributed by atoms with Crippen molar-refractivity contribution in [2.24, 2.45) is 0 Å². The summed E-state index contributed by atoms with van der Waals surface area (Å²) < 4.78 is 16.4. The first-order chi connectivity index (χ1) is 15.5. The van der Waals surface area contributed by atoms with E-state index in [1.165, 1.54) is 6.08 Å². The minimum Gasteiger partial charge on any atom is -0.493 e. The van der Waals surface area contributed by atoms with Crippen molar-refractivity contribution >= 4 is 29.3 Å². The third-order valence-corrected chi connectivity index (χ3v) is 5.07. The van der Waals surface area contributed by atoms with Crippen LogP contribution in [0.15, 0.2) is 42.5 Å². The molecule has 0 aliphatic carbocycles. The van der Waals surface area contributed by atoms with Gasteiger partial charge in [-0.3, -0.25) is 9.59 Å². The molecule has 170 valence electrons. The van der Waals surface area contributed by atoms with E-state index in [4.69, 9.17) is 14.2 Å². The third kappa shape index (κ3) is 5.81. The molecule has 0 saturated heterocycles. The second-order valence-electron chi connectivity index (χ2n) is 7.39. The predicted octanol–water partition coefficient (Wildman–Crippen LogP) is 4.66. The van der Waals surface area contributed by atoms with E-state index >= 15 is 0 Å². The van der Waals surface area contributed by atoms with E-state index in [0.29, 0.717) is 41.8 Å². The molecule has 0 radical (unpaired) electrons. The number of amides is 2. The topological polar surface area (TPSA) is 77.1 Å². The molecule has 1 aliphatic rings. The highest BCUT2D eigenvalue weighted by molar-refractivity contribution is 6.03. The number of ether oxygens (including phenoxy) is 3. The lowest BCUT2D eigenvalue weighted by molar-refractivity contribution is -0.121. The van der Waals surface area contributed by atoms with Crippen LogP contribution in [0, 0.1) is 0 Å². The van der Waals surface area contributed by atoms with Crippen LogP contribution in [-0.4, -0.2) is 38.7 Å². The van der Waals surface area contributed by atoms with Crippen LogP contribution in [0.5, 0.6) is 17.2 Å². The highest BCUT2D eigenvalue weighted by Gasteiger charge is 2.25. The molecule has 0 fully saturated rings. The van der Waals surface area contributed by atoms with Crippen molar-refractivity contribution in [3.8, 4) is 17.2 Å². The lowest BCUT2D eigenvalue weighted by Gasteiger charge is -2.29. The van der Waals surface area contributed by atoms with Gasteiger partial charge in [0.2, 0.25) is 5.91 Å². The van der Waals surface area contributed by atoms with Gasteiger partial charge in [-0.05, 0) is 55.3 Å². The third-order valence-electron chi connectivity index (χ3n) is 5.07. The van der Waals surface area contributed by atoms with Crippen LogP contribution in [0.25, 0.3) is 6.08 Å². The number of nitrogens with one attached hydrogen (secondary N) is 1. The second-order valence-corrected chi connectivity index (χ2v) is 7.39. The molecule has 1 aliphatic heterocycles. The summed E-state index contributed by atoms with van der Waals surface area (Å²) in [5.41, 5.74) is 2.10. The normalized spacial score (nSPS) is 13.0. The molecule has 1 N–H and O–H groups in total. The van der Waals surface area contributed by atoms with Gasteiger partial charge in [-0.1, -0.05) is 25.8 Å². The van der Waals surface area contributed by atoms with E-state index in [-0.39, 0.29) is 18.4 Å². The number of rotatable bonds is 10. The molecule has 7 nitrogen and oxygen atoms in total. The smallest absolute Gasteiger partial charge is 0.265 e. The SMILES string of the molecule is CCCCCN1C(=O)COc2ccc(NC(=O)/C=C/c3ccc(OCC)c(OC)c3)cc21. The highest BCUT2D eigenvalue weighted by Crippen LogP contribution is 2.35.